The second-order valence-electron chi connectivity index (χ2n) is 6.72. The molecule has 2 amide bonds. The second kappa shape index (κ2) is 7.66. The van der Waals surface area contributed by atoms with Crippen LogP contribution < -0.4 is 10.2 Å². The van der Waals surface area contributed by atoms with Gasteiger partial charge in [0.05, 0.1) is 11.2 Å². The highest BCUT2D eigenvalue weighted by molar-refractivity contribution is 5.94. The fourth-order valence-corrected chi connectivity index (χ4v) is 3.59. The molecule has 2 heterocycles. The summed E-state index contributed by atoms with van der Waals surface area (Å²) >= 11 is 0. The maximum absolute atomic E-state index is 12.1. The van der Waals surface area contributed by atoms with E-state index in [4.69, 9.17) is 4.98 Å². The van der Waals surface area contributed by atoms with Gasteiger partial charge >= 0.3 is 6.03 Å². The molecule has 0 saturated carbocycles. The van der Waals surface area contributed by atoms with Crippen molar-refractivity contribution in [2.24, 2.45) is 0 Å². The number of para-hydroxylation sites is 1. The Labute approximate surface area is 159 Å². The van der Waals surface area contributed by atoms with Crippen molar-refractivity contribution >= 4 is 22.6 Å². The van der Waals surface area contributed by atoms with Gasteiger partial charge in [-0.3, -0.25) is 0 Å². The SMILES string of the molecule is CCNC(=O)N1CCN(c2cc(-c3ccccc3)nc3ccccc23)CC1. The van der Waals surface area contributed by atoms with Crippen molar-refractivity contribution < 1.29 is 4.79 Å². The molecule has 0 bridgehead atoms. The van der Waals surface area contributed by atoms with Crippen LogP contribution in [0.2, 0.25) is 0 Å². The van der Waals surface area contributed by atoms with Crippen LogP contribution in [0.4, 0.5) is 10.5 Å². The van der Waals surface area contributed by atoms with Crippen LogP contribution in [0.5, 0.6) is 0 Å². The summed E-state index contributed by atoms with van der Waals surface area (Å²) in [5.41, 5.74) is 4.29. The minimum atomic E-state index is 0.0294. The molecule has 3 aromatic rings. The maximum Gasteiger partial charge on any atom is 0.317 e. The van der Waals surface area contributed by atoms with Crippen molar-refractivity contribution in [1.82, 2.24) is 15.2 Å². The second-order valence-corrected chi connectivity index (χ2v) is 6.72. The van der Waals surface area contributed by atoms with E-state index in [1.165, 1.54) is 5.69 Å². The molecule has 2 aromatic carbocycles. The Morgan fingerprint density at radius 2 is 1.70 bits per heavy atom. The predicted molar refractivity (Wildman–Crippen MR) is 110 cm³/mol. The van der Waals surface area contributed by atoms with Gasteiger partial charge in [0, 0.05) is 49.4 Å². The number of nitrogens with one attached hydrogen (secondary N) is 1. The molecule has 1 aromatic heterocycles. The fourth-order valence-electron chi connectivity index (χ4n) is 3.59. The number of hydrogen-bond donors (Lipinski definition) is 1. The van der Waals surface area contributed by atoms with Gasteiger partial charge in [0.15, 0.2) is 0 Å². The number of rotatable bonds is 3. The number of piperazine rings is 1. The van der Waals surface area contributed by atoms with Gasteiger partial charge in [-0.15, -0.1) is 0 Å². The van der Waals surface area contributed by atoms with E-state index in [0.717, 1.165) is 48.3 Å². The number of fused-ring (bicyclic) bond motifs is 1. The summed E-state index contributed by atoms with van der Waals surface area (Å²) in [7, 11) is 0. The highest BCUT2D eigenvalue weighted by Gasteiger charge is 2.22. The number of urea groups is 1. The van der Waals surface area contributed by atoms with Gasteiger partial charge < -0.3 is 15.1 Å². The van der Waals surface area contributed by atoms with Gasteiger partial charge in [-0.2, -0.15) is 0 Å². The largest absolute Gasteiger partial charge is 0.367 e. The molecule has 5 nitrogen and oxygen atoms in total. The third-order valence-corrected chi connectivity index (χ3v) is 5.00. The Bertz CT molecular complexity index is 933. The lowest BCUT2D eigenvalue weighted by Gasteiger charge is -2.36. The Kier molecular flexibility index (Phi) is 4.92. The zero-order chi connectivity index (χ0) is 18.6. The summed E-state index contributed by atoms with van der Waals surface area (Å²) in [5.74, 6) is 0. The zero-order valence-electron chi connectivity index (χ0n) is 15.6. The summed E-state index contributed by atoms with van der Waals surface area (Å²) in [6.45, 7) is 5.70. The third-order valence-electron chi connectivity index (χ3n) is 5.00. The number of carbonyl (C=O) groups excluding carboxylic acids is 1. The third kappa shape index (κ3) is 3.58. The van der Waals surface area contributed by atoms with E-state index in [1.807, 2.05) is 36.1 Å². The fraction of sp³-hybridized carbons (Fsp3) is 0.273. The molecule has 1 aliphatic rings. The van der Waals surface area contributed by atoms with Gasteiger partial charge in [0.1, 0.15) is 0 Å². The number of amides is 2. The molecule has 138 valence electrons. The van der Waals surface area contributed by atoms with Gasteiger partial charge in [-0.25, -0.2) is 9.78 Å². The standard InChI is InChI=1S/C22H24N4O/c1-2-23-22(27)26-14-12-25(13-15-26)21-16-20(17-8-4-3-5-9-17)24-19-11-7-6-10-18(19)21/h3-11,16H,2,12-15H2,1H3,(H,23,27). The number of hydrogen-bond acceptors (Lipinski definition) is 3. The average molecular weight is 360 g/mol. The molecule has 1 aliphatic heterocycles. The number of aromatic nitrogens is 1. The monoisotopic (exact) mass is 360 g/mol. The van der Waals surface area contributed by atoms with Crippen LogP contribution in [0.15, 0.2) is 60.7 Å². The van der Waals surface area contributed by atoms with Crippen molar-refractivity contribution in [3.63, 3.8) is 0 Å². The molecule has 1 fully saturated rings. The highest BCUT2D eigenvalue weighted by atomic mass is 16.2. The van der Waals surface area contributed by atoms with Crippen molar-refractivity contribution in [2.75, 3.05) is 37.6 Å². The van der Waals surface area contributed by atoms with Crippen LogP contribution in [-0.2, 0) is 0 Å². The summed E-state index contributed by atoms with van der Waals surface area (Å²) in [6.07, 6.45) is 0. The molecule has 4 rings (SSSR count). The van der Waals surface area contributed by atoms with Crippen LogP contribution in [0.25, 0.3) is 22.2 Å². The lowest BCUT2D eigenvalue weighted by atomic mass is 10.1. The zero-order valence-corrected chi connectivity index (χ0v) is 15.6. The van der Waals surface area contributed by atoms with Crippen LogP contribution in [0.1, 0.15) is 6.92 Å². The summed E-state index contributed by atoms with van der Waals surface area (Å²) in [5, 5.41) is 4.04. The average Bonchev–Trinajstić information content (AvgIpc) is 2.74. The van der Waals surface area contributed by atoms with E-state index >= 15 is 0 Å². The lowest BCUT2D eigenvalue weighted by molar-refractivity contribution is 0.195. The van der Waals surface area contributed by atoms with Crippen molar-refractivity contribution in [3.05, 3.63) is 60.7 Å². The van der Waals surface area contributed by atoms with E-state index in [1.54, 1.807) is 0 Å². The summed E-state index contributed by atoms with van der Waals surface area (Å²) in [4.78, 5) is 21.2. The minimum absolute atomic E-state index is 0.0294. The topological polar surface area (TPSA) is 48.5 Å². The lowest BCUT2D eigenvalue weighted by Crippen LogP contribution is -2.51. The van der Waals surface area contributed by atoms with Gasteiger partial charge in [-0.1, -0.05) is 48.5 Å². The molecule has 0 aliphatic carbocycles. The molecule has 0 unspecified atom stereocenters. The van der Waals surface area contributed by atoms with Crippen molar-refractivity contribution in [1.29, 1.82) is 0 Å². The van der Waals surface area contributed by atoms with E-state index in [0.29, 0.717) is 6.54 Å². The Balaban J connectivity index is 1.66. The molecular formula is C22H24N4O. The summed E-state index contributed by atoms with van der Waals surface area (Å²) < 4.78 is 0. The summed E-state index contributed by atoms with van der Waals surface area (Å²) in [6, 6.07) is 20.8. The van der Waals surface area contributed by atoms with Gasteiger partial charge in [0.2, 0.25) is 0 Å². The molecule has 0 atom stereocenters. The van der Waals surface area contributed by atoms with Gasteiger partial charge in [-0.05, 0) is 19.1 Å². The first-order chi connectivity index (χ1) is 13.3. The molecule has 5 heteroatoms. The van der Waals surface area contributed by atoms with Crippen LogP contribution >= 0.6 is 0 Å². The first-order valence-electron chi connectivity index (χ1n) is 9.49. The number of carbonyl (C=O) groups is 1. The van der Waals surface area contributed by atoms with E-state index < -0.39 is 0 Å². The number of anilines is 1. The maximum atomic E-state index is 12.1. The van der Waals surface area contributed by atoms with E-state index in [-0.39, 0.29) is 6.03 Å². The Morgan fingerprint density at radius 3 is 2.44 bits per heavy atom. The Morgan fingerprint density at radius 1 is 1.00 bits per heavy atom. The predicted octanol–water partition coefficient (Wildman–Crippen LogP) is 3.75. The first-order valence-corrected chi connectivity index (χ1v) is 9.49. The molecule has 1 N–H and O–H groups in total. The molecule has 1 saturated heterocycles. The number of benzene rings is 2. The van der Waals surface area contributed by atoms with Crippen LogP contribution in [-0.4, -0.2) is 48.6 Å². The Hall–Kier alpha value is -3.08. The molecule has 0 spiro atoms. The van der Waals surface area contributed by atoms with Crippen LogP contribution in [0.3, 0.4) is 0 Å². The number of nitrogens with zero attached hydrogens (tertiary/aromatic N) is 3. The number of pyridine rings is 1. The van der Waals surface area contributed by atoms with E-state index in [9.17, 15) is 4.79 Å². The minimum Gasteiger partial charge on any atom is -0.367 e. The quantitative estimate of drug-likeness (QED) is 0.774. The van der Waals surface area contributed by atoms with E-state index in [2.05, 4.69) is 46.6 Å². The van der Waals surface area contributed by atoms with Gasteiger partial charge in [0.25, 0.3) is 0 Å². The van der Waals surface area contributed by atoms with Crippen molar-refractivity contribution in [3.8, 4) is 11.3 Å². The highest BCUT2D eigenvalue weighted by Crippen LogP contribution is 2.31. The van der Waals surface area contributed by atoms with Crippen LogP contribution in [0, 0.1) is 0 Å². The normalized spacial score (nSPS) is 14.4. The van der Waals surface area contributed by atoms with Crippen molar-refractivity contribution in [2.45, 2.75) is 6.92 Å². The molecule has 27 heavy (non-hydrogen) atoms. The molecular weight excluding hydrogens is 336 g/mol. The first kappa shape index (κ1) is 17.3. The molecule has 0 radical (unpaired) electrons. The smallest absolute Gasteiger partial charge is 0.317 e.